The molecule has 0 radical (unpaired) electrons. The highest BCUT2D eigenvalue weighted by molar-refractivity contribution is 5.87. The summed E-state index contributed by atoms with van der Waals surface area (Å²) in [6, 6.07) is 6.26. The summed E-state index contributed by atoms with van der Waals surface area (Å²) in [6.07, 6.45) is 8.21. The van der Waals surface area contributed by atoms with Crippen LogP contribution in [0, 0.1) is 11.8 Å². The summed E-state index contributed by atoms with van der Waals surface area (Å²) in [5.41, 5.74) is 3.48. The molecule has 0 aromatic heterocycles. The predicted molar refractivity (Wildman–Crippen MR) is 85.8 cm³/mol. The van der Waals surface area contributed by atoms with E-state index in [0.29, 0.717) is 32.3 Å². The second kappa shape index (κ2) is 5.62. The van der Waals surface area contributed by atoms with Crippen molar-refractivity contribution in [2.45, 2.75) is 12.0 Å². The van der Waals surface area contributed by atoms with E-state index in [1.807, 2.05) is 12.2 Å². The van der Waals surface area contributed by atoms with Gasteiger partial charge in [-0.15, -0.1) is 0 Å². The first kappa shape index (κ1) is 14.7. The van der Waals surface area contributed by atoms with E-state index in [0.717, 1.165) is 5.56 Å². The standard InChI is InChI=1S/C19H20O4/c1-21-9-2-3-10-22-11-14-6-4-5-13-7-8-15-17-18(20)23-12-19(15,17)16(13)14/h2-8,15,17H,9-12H2,1H3/b3-2-/t15-,17+,19?/m1/s1. The van der Waals surface area contributed by atoms with E-state index in [1.54, 1.807) is 7.11 Å². The van der Waals surface area contributed by atoms with Crippen molar-refractivity contribution in [3.63, 3.8) is 0 Å². The molecular weight excluding hydrogens is 292 g/mol. The number of cyclic esters (lactones) is 1. The topological polar surface area (TPSA) is 44.8 Å². The first-order chi connectivity index (χ1) is 11.3. The molecule has 1 spiro atoms. The Morgan fingerprint density at radius 3 is 3.09 bits per heavy atom. The van der Waals surface area contributed by atoms with Crippen molar-refractivity contribution in [2.75, 3.05) is 26.9 Å². The average Bonchev–Trinajstić information content (AvgIpc) is 3.14. The van der Waals surface area contributed by atoms with Crippen molar-refractivity contribution in [2.24, 2.45) is 11.8 Å². The van der Waals surface area contributed by atoms with Crippen LogP contribution in [0.2, 0.25) is 0 Å². The first-order valence-corrected chi connectivity index (χ1v) is 7.98. The van der Waals surface area contributed by atoms with Crippen molar-refractivity contribution in [1.29, 1.82) is 0 Å². The molecule has 2 fully saturated rings. The van der Waals surface area contributed by atoms with Gasteiger partial charge in [0.1, 0.15) is 6.61 Å². The van der Waals surface area contributed by atoms with E-state index in [2.05, 4.69) is 30.4 Å². The molecule has 4 heteroatoms. The number of carbonyl (C=O) groups is 1. The van der Waals surface area contributed by atoms with Gasteiger partial charge in [0, 0.05) is 13.0 Å². The smallest absolute Gasteiger partial charge is 0.310 e. The molecule has 0 N–H and O–H groups in total. The Kier molecular flexibility index (Phi) is 3.58. The van der Waals surface area contributed by atoms with Gasteiger partial charge in [0.05, 0.1) is 31.2 Å². The molecule has 2 aliphatic carbocycles. The number of hydrogen-bond donors (Lipinski definition) is 0. The zero-order valence-corrected chi connectivity index (χ0v) is 13.2. The van der Waals surface area contributed by atoms with Crippen LogP contribution in [0.3, 0.4) is 0 Å². The zero-order chi connectivity index (χ0) is 15.9. The van der Waals surface area contributed by atoms with Crippen molar-refractivity contribution >= 4 is 12.0 Å². The van der Waals surface area contributed by atoms with Gasteiger partial charge in [0.25, 0.3) is 0 Å². The van der Waals surface area contributed by atoms with E-state index in [1.165, 1.54) is 11.1 Å². The molecule has 1 unspecified atom stereocenters. The third-order valence-corrected chi connectivity index (χ3v) is 5.14. The molecule has 120 valence electrons. The summed E-state index contributed by atoms with van der Waals surface area (Å²) < 4.78 is 16.1. The molecule has 0 amide bonds. The van der Waals surface area contributed by atoms with E-state index < -0.39 is 0 Å². The summed E-state index contributed by atoms with van der Waals surface area (Å²) in [6.45, 7) is 2.20. The van der Waals surface area contributed by atoms with Crippen LogP contribution >= 0.6 is 0 Å². The Morgan fingerprint density at radius 2 is 2.22 bits per heavy atom. The second-order valence-corrected chi connectivity index (χ2v) is 6.33. The lowest BCUT2D eigenvalue weighted by Crippen LogP contribution is -2.21. The molecule has 1 saturated heterocycles. The molecule has 3 atom stereocenters. The second-order valence-electron chi connectivity index (χ2n) is 6.33. The molecule has 23 heavy (non-hydrogen) atoms. The molecule has 1 heterocycles. The van der Waals surface area contributed by atoms with Crippen molar-refractivity contribution in [3.05, 3.63) is 53.1 Å². The molecule has 1 aromatic rings. The quantitative estimate of drug-likeness (QED) is 0.460. The normalized spacial score (nSPS) is 30.0. The van der Waals surface area contributed by atoms with Gasteiger partial charge in [0.2, 0.25) is 0 Å². The van der Waals surface area contributed by atoms with Crippen LogP contribution < -0.4 is 0 Å². The van der Waals surface area contributed by atoms with Crippen LogP contribution in [0.4, 0.5) is 0 Å². The van der Waals surface area contributed by atoms with Gasteiger partial charge in [-0.3, -0.25) is 4.79 Å². The zero-order valence-electron chi connectivity index (χ0n) is 13.2. The Hall–Kier alpha value is -1.91. The molecule has 1 aromatic carbocycles. The monoisotopic (exact) mass is 312 g/mol. The highest BCUT2D eigenvalue weighted by atomic mass is 16.5. The third-order valence-electron chi connectivity index (χ3n) is 5.14. The Balaban J connectivity index is 1.55. The fourth-order valence-corrected chi connectivity index (χ4v) is 4.09. The third kappa shape index (κ3) is 2.17. The van der Waals surface area contributed by atoms with Crippen LogP contribution in [-0.2, 0) is 31.0 Å². The van der Waals surface area contributed by atoms with Gasteiger partial charge in [-0.25, -0.2) is 0 Å². The van der Waals surface area contributed by atoms with E-state index in [9.17, 15) is 4.79 Å². The van der Waals surface area contributed by atoms with Gasteiger partial charge in [-0.2, -0.15) is 0 Å². The predicted octanol–water partition coefficient (Wildman–Crippen LogP) is 2.47. The summed E-state index contributed by atoms with van der Waals surface area (Å²) in [5, 5.41) is 0. The van der Waals surface area contributed by atoms with Crippen LogP contribution in [0.5, 0.6) is 0 Å². The van der Waals surface area contributed by atoms with Gasteiger partial charge in [-0.1, -0.05) is 42.5 Å². The van der Waals surface area contributed by atoms with Crippen LogP contribution in [0.15, 0.2) is 36.4 Å². The SMILES string of the molecule is COC/C=C\COCc1cccc2c1C13COC(=O)[C@@H]1[C@H]3C=C2. The largest absolute Gasteiger partial charge is 0.464 e. The van der Waals surface area contributed by atoms with Crippen molar-refractivity contribution in [1.82, 2.24) is 0 Å². The van der Waals surface area contributed by atoms with Crippen LogP contribution in [0.25, 0.3) is 6.08 Å². The van der Waals surface area contributed by atoms with Gasteiger partial charge in [-0.05, 0) is 16.7 Å². The number of allylic oxidation sites excluding steroid dienone is 1. The van der Waals surface area contributed by atoms with Crippen molar-refractivity contribution < 1.29 is 19.0 Å². The number of fused-ring (bicyclic) bond motifs is 2. The highest BCUT2D eigenvalue weighted by Gasteiger charge is 2.74. The lowest BCUT2D eigenvalue weighted by atomic mass is 9.82. The number of esters is 1. The fourth-order valence-electron chi connectivity index (χ4n) is 4.09. The number of ether oxygens (including phenoxy) is 3. The van der Waals surface area contributed by atoms with Crippen LogP contribution in [0.1, 0.15) is 16.7 Å². The summed E-state index contributed by atoms with van der Waals surface area (Å²) in [5.74, 6) is 0.257. The Labute approximate surface area is 135 Å². The first-order valence-electron chi connectivity index (χ1n) is 7.98. The lowest BCUT2D eigenvalue weighted by Gasteiger charge is -2.23. The average molecular weight is 312 g/mol. The number of carbonyl (C=O) groups excluding carboxylic acids is 1. The van der Waals surface area contributed by atoms with Crippen molar-refractivity contribution in [3.8, 4) is 0 Å². The summed E-state index contributed by atoms with van der Waals surface area (Å²) in [7, 11) is 1.67. The van der Waals surface area contributed by atoms with Gasteiger partial charge >= 0.3 is 5.97 Å². The van der Waals surface area contributed by atoms with E-state index in [4.69, 9.17) is 14.2 Å². The number of hydrogen-bond acceptors (Lipinski definition) is 4. The van der Waals surface area contributed by atoms with Gasteiger partial charge in [0.15, 0.2) is 0 Å². The van der Waals surface area contributed by atoms with E-state index >= 15 is 0 Å². The molecule has 4 nitrogen and oxygen atoms in total. The Morgan fingerprint density at radius 1 is 1.35 bits per heavy atom. The maximum atomic E-state index is 12.0. The molecule has 3 aliphatic rings. The number of benzene rings is 1. The lowest BCUT2D eigenvalue weighted by molar-refractivity contribution is -0.141. The number of methoxy groups -OCH3 is 1. The van der Waals surface area contributed by atoms with Crippen LogP contribution in [-0.4, -0.2) is 32.9 Å². The Bertz CT molecular complexity index is 691. The summed E-state index contributed by atoms with van der Waals surface area (Å²) in [4.78, 5) is 12.0. The minimum absolute atomic E-state index is 0.00255. The maximum Gasteiger partial charge on any atom is 0.310 e. The maximum absolute atomic E-state index is 12.0. The highest BCUT2D eigenvalue weighted by Crippen LogP contribution is 2.67. The summed E-state index contributed by atoms with van der Waals surface area (Å²) >= 11 is 0. The fraction of sp³-hybridized carbons (Fsp3) is 0.421. The number of rotatable bonds is 6. The minimum atomic E-state index is -0.132. The molecular formula is C19H20O4. The van der Waals surface area contributed by atoms with E-state index in [-0.39, 0.29) is 17.3 Å². The van der Waals surface area contributed by atoms with Gasteiger partial charge < -0.3 is 14.2 Å². The molecule has 1 saturated carbocycles. The minimum Gasteiger partial charge on any atom is -0.464 e. The molecule has 1 aliphatic heterocycles. The molecule has 4 rings (SSSR count). The molecule has 0 bridgehead atoms.